The second-order valence-corrected chi connectivity index (χ2v) is 11.2. The summed E-state index contributed by atoms with van der Waals surface area (Å²) in [5.41, 5.74) is 2.85. The highest BCUT2D eigenvalue weighted by Crippen LogP contribution is 2.35. The summed E-state index contributed by atoms with van der Waals surface area (Å²) in [6.45, 7) is -0.220. The first-order chi connectivity index (χ1) is 18.3. The second-order valence-electron chi connectivity index (χ2n) is 8.73. The Hall–Kier alpha value is -3.93. The van der Waals surface area contributed by atoms with E-state index in [1.165, 1.54) is 24.3 Å². The normalized spacial score (nSPS) is 17.8. The third-order valence-electron chi connectivity index (χ3n) is 5.83. The number of halogens is 4. The van der Waals surface area contributed by atoms with Crippen LogP contribution in [0.1, 0.15) is 29.2 Å². The third kappa shape index (κ3) is 6.39. The third-order valence-corrected chi connectivity index (χ3v) is 7.16. The molecule has 0 spiro atoms. The van der Waals surface area contributed by atoms with E-state index in [1.54, 1.807) is 12.1 Å². The smallest absolute Gasteiger partial charge is 0.437 e. The van der Waals surface area contributed by atoms with Gasteiger partial charge in [0.1, 0.15) is 5.75 Å². The highest BCUT2D eigenvalue weighted by molar-refractivity contribution is 7.90. The lowest BCUT2D eigenvalue weighted by molar-refractivity contribution is -0.142. The van der Waals surface area contributed by atoms with E-state index in [9.17, 15) is 31.2 Å². The molecule has 2 N–H and O–H groups in total. The molecule has 1 fully saturated rings. The van der Waals surface area contributed by atoms with Crippen LogP contribution in [0.4, 0.5) is 13.2 Å². The Kier molecular flexibility index (Phi) is 7.69. The second kappa shape index (κ2) is 10.7. The number of hydrazine groups is 1. The molecule has 1 saturated heterocycles. The fourth-order valence-electron chi connectivity index (χ4n) is 4.02. The zero-order chi connectivity index (χ0) is 28.5. The number of hydrogen-bond acceptors (Lipinski definition) is 8. The summed E-state index contributed by atoms with van der Waals surface area (Å²) >= 11 is 5.91. The Morgan fingerprint density at radius 3 is 2.64 bits per heavy atom. The van der Waals surface area contributed by atoms with Crippen molar-refractivity contribution in [1.29, 1.82) is 5.26 Å². The fourth-order valence-corrected chi connectivity index (χ4v) is 4.92. The Morgan fingerprint density at radius 1 is 1.23 bits per heavy atom. The van der Waals surface area contributed by atoms with Crippen molar-refractivity contribution in [2.24, 2.45) is 0 Å². The van der Waals surface area contributed by atoms with Gasteiger partial charge in [0.25, 0.3) is 5.56 Å². The molecule has 1 amide bonds. The van der Waals surface area contributed by atoms with E-state index in [-0.39, 0.29) is 34.2 Å². The van der Waals surface area contributed by atoms with Gasteiger partial charge < -0.3 is 4.74 Å². The van der Waals surface area contributed by atoms with Gasteiger partial charge >= 0.3 is 6.18 Å². The molecular weight excluding hydrogens is 563 g/mol. The van der Waals surface area contributed by atoms with E-state index in [4.69, 9.17) is 21.6 Å². The zero-order valence-corrected chi connectivity index (χ0v) is 21.6. The molecule has 1 aromatic heterocycles. The molecule has 10 nitrogen and oxygen atoms in total. The number of benzene rings is 2. The summed E-state index contributed by atoms with van der Waals surface area (Å²) in [4.78, 5) is 29.1. The summed E-state index contributed by atoms with van der Waals surface area (Å²) < 4.78 is 71.1. The van der Waals surface area contributed by atoms with Gasteiger partial charge in [0.05, 0.1) is 28.8 Å². The molecule has 0 aliphatic carbocycles. The number of nitriles is 1. The van der Waals surface area contributed by atoms with E-state index in [2.05, 4.69) is 15.8 Å². The van der Waals surface area contributed by atoms with Crippen molar-refractivity contribution >= 4 is 27.3 Å². The SMILES string of the molecule is CS(=O)(=O)c1cccc(C2CC(Cn3cnc(C(F)(F)F)c(Oc4cc(Cl)cc(C#N)c4)c3=O)NNC2=O)c1. The molecule has 2 heterocycles. The van der Waals surface area contributed by atoms with Gasteiger partial charge in [-0.3, -0.25) is 19.6 Å². The summed E-state index contributed by atoms with van der Waals surface area (Å²) in [6.07, 6.45) is -3.20. The molecule has 3 aromatic rings. The van der Waals surface area contributed by atoms with Crippen molar-refractivity contribution in [1.82, 2.24) is 20.4 Å². The van der Waals surface area contributed by atoms with Crippen molar-refractivity contribution in [3.05, 3.63) is 81.0 Å². The number of ether oxygens (including phenoxy) is 1. The molecule has 1 aliphatic rings. The lowest BCUT2D eigenvalue weighted by Gasteiger charge is -2.31. The average molecular weight is 582 g/mol. The maximum atomic E-state index is 13.7. The molecule has 0 bridgehead atoms. The topological polar surface area (TPSA) is 143 Å². The van der Waals surface area contributed by atoms with Crippen LogP contribution in [-0.4, -0.2) is 36.2 Å². The van der Waals surface area contributed by atoms with E-state index in [0.29, 0.717) is 11.9 Å². The van der Waals surface area contributed by atoms with Crippen molar-refractivity contribution < 1.29 is 31.1 Å². The van der Waals surface area contributed by atoms with E-state index >= 15 is 0 Å². The summed E-state index contributed by atoms with van der Waals surface area (Å²) in [7, 11) is -3.54. The molecule has 4 rings (SSSR count). The van der Waals surface area contributed by atoms with Crippen LogP contribution in [0.5, 0.6) is 11.5 Å². The number of amides is 1. The van der Waals surface area contributed by atoms with Crippen LogP contribution >= 0.6 is 11.6 Å². The van der Waals surface area contributed by atoms with Crippen LogP contribution in [0.25, 0.3) is 0 Å². The molecule has 0 radical (unpaired) electrons. The first-order valence-electron chi connectivity index (χ1n) is 11.2. The molecule has 0 saturated carbocycles. The van der Waals surface area contributed by atoms with Crippen molar-refractivity contribution in [2.75, 3.05) is 6.26 Å². The minimum absolute atomic E-state index is 0.00315. The number of hydrogen-bond donors (Lipinski definition) is 2. The number of nitrogens with zero attached hydrogens (tertiary/aromatic N) is 3. The van der Waals surface area contributed by atoms with Gasteiger partial charge in [-0.05, 0) is 42.3 Å². The maximum Gasteiger partial charge on any atom is 0.437 e. The van der Waals surface area contributed by atoms with Crippen LogP contribution in [-0.2, 0) is 27.4 Å². The molecule has 2 aromatic carbocycles. The van der Waals surface area contributed by atoms with Gasteiger partial charge in [-0.25, -0.2) is 18.8 Å². The first-order valence-corrected chi connectivity index (χ1v) is 13.4. The highest BCUT2D eigenvalue weighted by Gasteiger charge is 2.39. The monoisotopic (exact) mass is 581 g/mol. The average Bonchev–Trinajstić information content (AvgIpc) is 2.86. The van der Waals surface area contributed by atoms with Crippen LogP contribution in [0.3, 0.4) is 0 Å². The van der Waals surface area contributed by atoms with Crippen LogP contribution in [0.2, 0.25) is 5.02 Å². The molecule has 2 atom stereocenters. The number of carbonyl (C=O) groups is 1. The predicted octanol–water partition coefficient (Wildman–Crippen LogP) is 3.16. The van der Waals surface area contributed by atoms with Gasteiger partial charge in [0.2, 0.25) is 11.7 Å². The van der Waals surface area contributed by atoms with Gasteiger partial charge in [-0.2, -0.15) is 18.4 Å². The Balaban J connectivity index is 1.65. The zero-order valence-electron chi connectivity index (χ0n) is 20.0. The Bertz CT molecular complexity index is 1650. The van der Waals surface area contributed by atoms with Crippen LogP contribution < -0.4 is 21.1 Å². The summed E-state index contributed by atoms with van der Waals surface area (Å²) in [5, 5.41) is 9.11. The van der Waals surface area contributed by atoms with Crippen LogP contribution in [0.15, 0.2) is 58.5 Å². The predicted molar refractivity (Wildman–Crippen MR) is 132 cm³/mol. The quantitative estimate of drug-likeness (QED) is 0.452. The van der Waals surface area contributed by atoms with Crippen molar-refractivity contribution in [3.63, 3.8) is 0 Å². The summed E-state index contributed by atoms with van der Waals surface area (Å²) in [6, 6.07) is 10.5. The molecule has 15 heteroatoms. The number of carbonyl (C=O) groups excluding carboxylic acids is 1. The van der Waals surface area contributed by atoms with Gasteiger partial charge in [-0.15, -0.1) is 0 Å². The molecule has 2 unspecified atom stereocenters. The Labute approximate surface area is 224 Å². The van der Waals surface area contributed by atoms with Gasteiger partial charge in [0.15, 0.2) is 15.5 Å². The molecular formula is C24H19ClF3N5O5S. The minimum atomic E-state index is -5.03. The molecule has 204 valence electrons. The number of rotatable bonds is 6. The van der Waals surface area contributed by atoms with E-state index in [1.807, 2.05) is 0 Å². The number of aromatic nitrogens is 2. The number of alkyl halides is 3. The standard InChI is InChI=1S/C24H19ClF3N5O5S/c1-39(36,37)18-4-2-3-14(7-18)19-9-16(31-32-22(19)34)11-33-12-30-21(24(26,27)28)20(23(33)35)38-17-6-13(10-29)5-15(25)8-17/h2-8,12,16,19,31H,9,11H2,1H3,(H,32,34). The minimum Gasteiger partial charge on any atom is -0.449 e. The number of nitrogens with one attached hydrogen (secondary N) is 2. The lowest BCUT2D eigenvalue weighted by Crippen LogP contribution is -2.54. The lowest BCUT2D eigenvalue weighted by atomic mass is 9.90. The van der Waals surface area contributed by atoms with Gasteiger partial charge in [0, 0.05) is 23.9 Å². The van der Waals surface area contributed by atoms with Crippen molar-refractivity contribution in [2.45, 2.75) is 36.0 Å². The van der Waals surface area contributed by atoms with Crippen LogP contribution in [0, 0.1) is 11.3 Å². The maximum absolute atomic E-state index is 13.7. The fraction of sp³-hybridized carbons (Fsp3) is 0.250. The highest BCUT2D eigenvalue weighted by atomic mass is 35.5. The van der Waals surface area contributed by atoms with Gasteiger partial charge in [-0.1, -0.05) is 23.7 Å². The van der Waals surface area contributed by atoms with Crippen molar-refractivity contribution in [3.8, 4) is 17.6 Å². The molecule has 39 heavy (non-hydrogen) atoms. The molecule has 1 aliphatic heterocycles. The van der Waals surface area contributed by atoms with E-state index < -0.39 is 50.9 Å². The summed E-state index contributed by atoms with van der Waals surface area (Å²) in [5.74, 6) is -2.64. The largest absolute Gasteiger partial charge is 0.449 e. The Morgan fingerprint density at radius 2 is 1.97 bits per heavy atom. The first kappa shape index (κ1) is 28.1. The number of sulfone groups is 1. The van der Waals surface area contributed by atoms with E-state index in [0.717, 1.165) is 23.0 Å².